The van der Waals surface area contributed by atoms with Gasteiger partial charge in [0.05, 0.1) is 28.1 Å². The summed E-state index contributed by atoms with van der Waals surface area (Å²) in [4.78, 5) is 31.2. The topological polar surface area (TPSA) is 95.8 Å². The lowest BCUT2D eigenvalue weighted by Gasteiger charge is -2.07. The number of benzene rings is 2. The average molecular weight is 463 g/mol. The van der Waals surface area contributed by atoms with Crippen molar-refractivity contribution < 1.29 is 9.53 Å². The van der Waals surface area contributed by atoms with E-state index in [4.69, 9.17) is 10.00 Å². The molecule has 2 aromatic carbocycles. The molecule has 0 radical (unpaired) electrons. The Labute approximate surface area is 158 Å². The molecule has 1 N–H and O–H groups in total. The molecule has 0 saturated carbocycles. The Morgan fingerprint density at radius 1 is 1.28 bits per heavy atom. The molecule has 3 rings (SSSR count). The molecule has 0 saturated heterocycles. The average Bonchev–Trinajstić information content (AvgIpc) is 2.60. The van der Waals surface area contributed by atoms with Crippen LogP contribution < -0.4 is 5.56 Å². The van der Waals surface area contributed by atoms with Crippen LogP contribution in [0.4, 0.5) is 0 Å². The number of hydrogen-bond donors (Lipinski definition) is 1. The number of halogens is 2. The SMILES string of the molecule is N#Cc1cccc(C(=O)OCc2nc3c(Br)cc(Br)cc3c(=O)[nH]2)c1. The van der Waals surface area contributed by atoms with E-state index in [1.54, 1.807) is 30.3 Å². The van der Waals surface area contributed by atoms with Crippen LogP contribution in [0.2, 0.25) is 0 Å². The minimum absolute atomic E-state index is 0.191. The van der Waals surface area contributed by atoms with Crippen LogP contribution in [0.1, 0.15) is 21.7 Å². The number of aromatic nitrogens is 2. The third-order valence-corrected chi connectivity index (χ3v) is 4.41. The summed E-state index contributed by atoms with van der Waals surface area (Å²) in [5.41, 5.74) is 0.766. The molecule has 1 heterocycles. The first-order valence-corrected chi connectivity index (χ1v) is 8.62. The van der Waals surface area contributed by atoms with Crippen LogP contribution >= 0.6 is 31.9 Å². The molecule has 0 atom stereocenters. The third kappa shape index (κ3) is 3.78. The van der Waals surface area contributed by atoms with E-state index in [1.807, 2.05) is 6.07 Å². The van der Waals surface area contributed by atoms with Crippen LogP contribution in [0.15, 0.2) is 50.1 Å². The van der Waals surface area contributed by atoms with Gasteiger partial charge in [0.15, 0.2) is 0 Å². The first-order valence-electron chi connectivity index (χ1n) is 7.03. The summed E-state index contributed by atoms with van der Waals surface area (Å²) in [7, 11) is 0. The minimum atomic E-state index is -0.602. The van der Waals surface area contributed by atoms with Crippen LogP contribution in [0.25, 0.3) is 10.9 Å². The zero-order valence-corrected chi connectivity index (χ0v) is 15.7. The Morgan fingerprint density at radius 3 is 2.84 bits per heavy atom. The monoisotopic (exact) mass is 461 g/mol. The van der Waals surface area contributed by atoms with Crippen molar-refractivity contribution in [3.63, 3.8) is 0 Å². The van der Waals surface area contributed by atoms with Gasteiger partial charge in [-0.25, -0.2) is 9.78 Å². The second-order valence-electron chi connectivity index (χ2n) is 5.07. The quantitative estimate of drug-likeness (QED) is 0.599. The fourth-order valence-electron chi connectivity index (χ4n) is 2.22. The summed E-state index contributed by atoms with van der Waals surface area (Å²) < 4.78 is 6.57. The lowest BCUT2D eigenvalue weighted by atomic mass is 10.1. The van der Waals surface area contributed by atoms with Crippen molar-refractivity contribution in [2.75, 3.05) is 0 Å². The molecule has 124 valence electrons. The number of nitriles is 1. The van der Waals surface area contributed by atoms with E-state index in [1.165, 1.54) is 6.07 Å². The lowest BCUT2D eigenvalue weighted by molar-refractivity contribution is 0.0462. The zero-order chi connectivity index (χ0) is 18.0. The molecule has 3 aromatic rings. The maximum atomic E-state index is 12.2. The molecule has 0 aliphatic heterocycles. The van der Waals surface area contributed by atoms with E-state index in [-0.39, 0.29) is 23.6 Å². The highest BCUT2D eigenvalue weighted by atomic mass is 79.9. The van der Waals surface area contributed by atoms with Crippen molar-refractivity contribution in [3.05, 3.63) is 72.6 Å². The highest BCUT2D eigenvalue weighted by molar-refractivity contribution is 9.11. The Kier molecular flexibility index (Phi) is 4.97. The third-order valence-electron chi connectivity index (χ3n) is 3.34. The van der Waals surface area contributed by atoms with Crippen molar-refractivity contribution in [2.24, 2.45) is 0 Å². The molecular formula is C17H9Br2N3O3. The number of hydrogen-bond acceptors (Lipinski definition) is 5. The highest BCUT2D eigenvalue weighted by Crippen LogP contribution is 2.25. The fourth-order valence-corrected chi connectivity index (χ4v) is 3.53. The van der Waals surface area contributed by atoms with Crippen LogP contribution in [0.3, 0.4) is 0 Å². The lowest BCUT2D eigenvalue weighted by Crippen LogP contribution is -2.15. The first kappa shape index (κ1) is 17.3. The molecule has 0 bridgehead atoms. The largest absolute Gasteiger partial charge is 0.454 e. The van der Waals surface area contributed by atoms with Crippen molar-refractivity contribution >= 4 is 48.7 Å². The number of rotatable bonds is 3. The predicted octanol–water partition coefficient (Wildman–Crippen LogP) is 3.68. The minimum Gasteiger partial charge on any atom is -0.454 e. The van der Waals surface area contributed by atoms with E-state index >= 15 is 0 Å². The Bertz CT molecular complexity index is 1090. The number of carbonyl (C=O) groups excluding carboxylic acids is 1. The van der Waals surface area contributed by atoms with Crippen LogP contribution in [0, 0.1) is 11.3 Å². The van der Waals surface area contributed by atoms with Gasteiger partial charge in [0.1, 0.15) is 12.4 Å². The van der Waals surface area contributed by atoms with Gasteiger partial charge in [-0.15, -0.1) is 0 Å². The fraction of sp³-hybridized carbons (Fsp3) is 0.0588. The van der Waals surface area contributed by atoms with Gasteiger partial charge >= 0.3 is 5.97 Å². The van der Waals surface area contributed by atoms with E-state index < -0.39 is 5.97 Å². The molecule has 0 fully saturated rings. The summed E-state index contributed by atoms with van der Waals surface area (Å²) in [6, 6.07) is 11.6. The molecule has 0 aliphatic carbocycles. The summed E-state index contributed by atoms with van der Waals surface area (Å²) >= 11 is 6.69. The van der Waals surface area contributed by atoms with Gasteiger partial charge in [0.2, 0.25) is 0 Å². The van der Waals surface area contributed by atoms with Crippen molar-refractivity contribution in [3.8, 4) is 6.07 Å². The van der Waals surface area contributed by atoms with Gasteiger partial charge in [0, 0.05) is 8.95 Å². The van der Waals surface area contributed by atoms with Gasteiger partial charge in [-0.2, -0.15) is 5.26 Å². The molecule has 0 spiro atoms. The highest BCUT2D eigenvalue weighted by Gasteiger charge is 2.12. The molecule has 0 amide bonds. The van der Waals surface area contributed by atoms with Crippen LogP contribution in [-0.2, 0) is 11.3 Å². The van der Waals surface area contributed by atoms with Gasteiger partial charge in [-0.05, 0) is 46.3 Å². The van der Waals surface area contributed by atoms with E-state index in [9.17, 15) is 9.59 Å². The molecule has 6 nitrogen and oxygen atoms in total. The smallest absolute Gasteiger partial charge is 0.338 e. The Balaban J connectivity index is 1.85. The number of H-pyrrole nitrogens is 1. The number of nitrogens with zero attached hydrogens (tertiary/aromatic N) is 2. The van der Waals surface area contributed by atoms with E-state index in [2.05, 4.69) is 41.8 Å². The maximum Gasteiger partial charge on any atom is 0.338 e. The number of aromatic amines is 1. The molecule has 0 aliphatic rings. The number of carbonyl (C=O) groups is 1. The zero-order valence-electron chi connectivity index (χ0n) is 12.5. The first-order chi connectivity index (χ1) is 12.0. The molecule has 0 unspecified atom stereocenters. The molecule has 25 heavy (non-hydrogen) atoms. The summed E-state index contributed by atoms with van der Waals surface area (Å²) in [6.07, 6.45) is 0. The molecule has 1 aromatic heterocycles. The molecular weight excluding hydrogens is 454 g/mol. The van der Waals surface area contributed by atoms with Gasteiger partial charge in [-0.1, -0.05) is 22.0 Å². The standard InChI is InChI=1S/C17H9Br2N3O3/c18-11-5-12-15(13(19)6-11)21-14(22-16(12)23)8-25-17(24)10-3-1-2-9(4-10)7-20/h1-6H,8H2,(H,21,22,23). The summed E-state index contributed by atoms with van der Waals surface area (Å²) in [6.45, 7) is -0.191. The van der Waals surface area contributed by atoms with E-state index in [0.717, 1.165) is 4.47 Å². The van der Waals surface area contributed by atoms with Gasteiger partial charge < -0.3 is 9.72 Å². The summed E-state index contributed by atoms with van der Waals surface area (Å²) in [5, 5.41) is 9.28. The maximum absolute atomic E-state index is 12.2. The summed E-state index contributed by atoms with van der Waals surface area (Å²) in [5.74, 6) is -0.375. The van der Waals surface area contributed by atoms with Crippen molar-refractivity contribution in [1.82, 2.24) is 9.97 Å². The molecule has 8 heteroatoms. The number of ether oxygens (including phenoxy) is 1. The second-order valence-corrected chi connectivity index (χ2v) is 6.84. The van der Waals surface area contributed by atoms with Gasteiger partial charge in [0.25, 0.3) is 5.56 Å². The van der Waals surface area contributed by atoms with Gasteiger partial charge in [-0.3, -0.25) is 4.79 Å². The van der Waals surface area contributed by atoms with Crippen LogP contribution in [-0.4, -0.2) is 15.9 Å². The Morgan fingerprint density at radius 2 is 2.08 bits per heavy atom. The Hall–Kier alpha value is -2.50. The number of esters is 1. The number of nitrogens with one attached hydrogen (secondary N) is 1. The second kappa shape index (κ2) is 7.17. The predicted molar refractivity (Wildman–Crippen MR) is 98.0 cm³/mol. The number of fused-ring (bicyclic) bond motifs is 1. The normalized spacial score (nSPS) is 10.4. The van der Waals surface area contributed by atoms with Crippen molar-refractivity contribution in [1.29, 1.82) is 5.26 Å². The van der Waals surface area contributed by atoms with Crippen LogP contribution in [0.5, 0.6) is 0 Å². The van der Waals surface area contributed by atoms with E-state index in [0.29, 0.717) is 20.9 Å². The van der Waals surface area contributed by atoms with Crippen molar-refractivity contribution in [2.45, 2.75) is 6.61 Å².